The van der Waals surface area contributed by atoms with Gasteiger partial charge >= 0.3 is 0 Å². The van der Waals surface area contributed by atoms with Crippen LogP contribution in [0.2, 0.25) is 5.02 Å². The average molecular weight is 353 g/mol. The molecule has 0 fully saturated rings. The van der Waals surface area contributed by atoms with E-state index in [1.807, 2.05) is 0 Å². The zero-order valence-corrected chi connectivity index (χ0v) is 13.6. The van der Waals surface area contributed by atoms with Crippen LogP contribution in [0.5, 0.6) is 11.5 Å². The third kappa shape index (κ3) is 3.94. The molecule has 2 aromatic rings. The summed E-state index contributed by atoms with van der Waals surface area (Å²) in [4.78, 5) is 24.0. The number of amides is 2. The van der Waals surface area contributed by atoms with Crippen molar-refractivity contribution in [3.8, 4) is 11.5 Å². The number of hydrazine groups is 1. The van der Waals surface area contributed by atoms with Gasteiger partial charge in [0, 0.05) is 11.1 Å². The van der Waals surface area contributed by atoms with Crippen LogP contribution in [-0.4, -0.2) is 26.0 Å². The van der Waals surface area contributed by atoms with E-state index in [2.05, 4.69) is 10.9 Å². The molecule has 0 bridgehead atoms. The van der Waals surface area contributed by atoms with Crippen LogP contribution in [0.1, 0.15) is 20.7 Å². The molecule has 0 aliphatic carbocycles. The molecule has 0 saturated heterocycles. The van der Waals surface area contributed by atoms with Gasteiger partial charge in [-0.25, -0.2) is 4.39 Å². The molecule has 2 N–H and O–H groups in total. The van der Waals surface area contributed by atoms with Crippen LogP contribution < -0.4 is 20.3 Å². The standard InChI is InChI=1S/C16H14ClFN2O4/c1-23-13-8-10(7-12(17)14(13)24-2)16(22)20-19-15(21)9-3-5-11(18)6-4-9/h3-8H,1-2H3,(H,19,21)(H,20,22). The number of ether oxygens (including phenoxy) is 2. The normalized spacial score (nSPS) is 10.0. The molecule has 24 heavy (non-hydrogen) atoms. The number of nitrogens with one attached hydrogen (secondary N) is 2. The largest absolute Gasteiger partial charge is 0.493 e. The molecular formula is C16H14ClFN2O4. The summed E-state index contributed by atoms with van der Waals surface area (Å²) in [5.41, 5.74) is 4.83. The first-order chi connectivity index (χ1) is 11.5. The molecule has 0 aliphatic rings. The van der Waals surface area contributed by atoms with Crippen molar-refractivity contribution < 1.29 is 23.5 Å². The first kappa shape index (κ1) is 17.6. The molecule has 126 valence electrons. The highest BCUT2D eigenvalue weighted by molar-refractivity contribution is 6.32. The highest BCUT2D eigenvalue weighted by Crippen LogP contribution is 2.35. The Morgan fingerprint density at radius 1 is 0.958 bits per heavy atom. The third-order valence-corrected chi connectivity index (χ3v) is 3.37. The lowest BCUT2D eigenvalue weighted by Crippen LogP contribution is -2.41. The Bertz CT molecular complexity index is 765. The summed E-state index contributed by atoms with van der Waals surface area (Å²) in [5, 5.41) is 0.187. The van der Waals surface area contributed by atoms with Crippen LogP contribution in [0.3, 0.4) is 0 Å². The maximum Gasteiger partial charge on any atom is 0.269 e. The minimum Gasteiger partial charge on any atom is -0.493 e. The first-order valence-corrected chi connectivity index (χ1v) is 7.11. The quantitative estimate of drug-likeness (QED) is 0.829. The van der Waals surface area contributed by atoms with Crippen LogP contribution in [0.15, 0.2) is 36.4 Å². The van der Waals surface area contributed by atoms with Gasteiger partial charge < -0.3 is 9.47 Å². The van der Waals surface area contributed by atoms with Crippen molar-refractivity contribution in [2.75, 3.05) is 14.2 Å². The minimum atomic E-state index is -0.603. The molecule has 2 aromatic carbocycles. The topological polar surface area (TPSA) is 76.7 Å². The van der Waals surface area contributed by atoms with E-state index in [1.54, 1.807) is 0 Å². The molecule has 0 aromatic heterocycles. The number of hydrogen-bond acceptors (Lipinski definition) is 4. The molecule has 6 nitrogen and oxygen atoms in total. The zero-order valence-electron chi connectivity index (χ0n) is 12.9. The third-order valence-electron chi connectivity index (χ3n) is 3.09. The predicted molar refractivity (Wildman–Crippen MR) is 85.9 cm³/mol. The monoisotopic (exact) mass is 352 g/mol. The summed E-state index contributed by atoms with van der Waals surface area (Å²) in [6, 6.07) is 7.68. The highest BCUT2D eigenvalue weighted by Gasteiger charge is 2.16. The zero-order chi connectivity index (χ0) is 17.7. The number of carbonyl (C=O) groups is 2. The van der Waals surface area contributed by atoms with Crippen molar-refractivity contribution in [1.29, 1.82) is 0 Å². The van der Waals surface area contributed by atoms with Gasteiger partial charge in [0.1, 0.15) is 5.82 Å². The highest BCUT2D eigenvalue weighted by atomic mass is 35.5. The summed E-state index contributed by atoms with van der Waals surface area (Å²) in [6.07, 6.45) is 0. The fraction of sp³-hybridized carbons (Fsp3) is 0.125. The van der Waals surface area contributed by atoms with E-state index in [0.29, 0.717) is 5.75 Å². The van der Waals surface area contributed by atoms with Crippen molar-refractivity contribution in [3.63, 3.8) is 0 Å². The van der Waals surface area contributed by atoms with Gasteiger partial charge in [-0.1, -0.05) is 11.6 Å². The van der Waals surface area contributed by atoms with E-state index in [1.165, 1.54) is 38.5 Å². The molecule has 0 spiro atoms. The minimum absolute atomic E-state index is 0.164. The SMILES string of the molecule is COc1cc(C(=O)NNC(=O)c2ccc(F)cc2)cc(Cl)c1OC. The van der Waals surface area contributed by atoms with Crippen molar-refractivity contribution in [2.45, 2.75) is 0 Å². The fourth-order valence-electron chi connectivity index (χ4n) is 1.91. The Labute approximate surface area is 142 Å². The molecule has 2 rings (SSSR count). The molecular weight excluding hydrogens is 339 g/mol. The maximum atomic E-state index is 12.8. The van der Waals surface area contributed by atoms with Crippen LogP contribution in [0, 0.1) is 5.82 Å². The van der Waals surface area contributed by atoms with E-state index in [0.717, 1.165) is 12.1 Å². The van der Waals surface area contributed by atoms with Crippen molar-refractivity contribution in [2.24, 2.45) is 0 Å². The Morgan fingerprint density at radius 2 is 1.54 bits per heavy atom. The average Bonchev–Trinajstić information content (AvgIpc) is 2.59. The van der Waals surface area contributed by atoms with Gasteiger partial charge in [-0.3, -0.25) is 20.4 Å². The number of benzene rings is 2. The molecule has 2 amide bonds. The van der Waals surface area contributed by atoms with Crippen molar-refractivity contribution in [1.82, 2.24) is 10.9 Å². The lowest BCUT2D eigenvalue weighted by Gasteiger charge is -2.12. The lowest BCUT2D eigenvalue weighted by atomic mass is 10.2. The smallest absolute Gasteiger partial charge is 0.269 e. The second-order valence-corrected chi connectivity index (χ2v) is 5.02. The first-order valence-electron chi connectivity index (χ1n) is 6.74. The summed E-state index contributed by atoms with van der Waals surface area (Å²) < 4.78 is 23.0. The molecule has 0 unspecified atom stereocenters. The van der Waals surface area contributed by atoms with Crippen LogP contribution in [-0.2, 0) is 0 Å². The molecule has 0 radical (unpaired) electrons. The van der Waals surface area contributed by atoms with Crippen LogP contribution in [0.25, 0.3) is 0 Å². The van der Waals surface area contributed by atoms with Crippen LogP contribution in [0.4, 0.5) is 4.39 Å². The van der Waals surface area contributed by atoms with E-state index in [4.69, 9.17) is 21.1 Å². The van der Waals surface area contributed by atoms with Gasteiger partial charge in [-0.05, 0) is 36.4 Å². The van der Waals surface area contributed by atoms with Crippen LogP contribution >= 0.6 is 11.6 Å². The van der Waals surface area contributed by atoms with Gasteiger partial charge in [0.25, 0.3) is 11.8 Å². The summed E-state index contributed by atoms with van der Waals surface area (Å²) in [6.45, 7) is 0. The Kier molecular flexibility index (Phi) is 5.59. The summed E-state index contributed by atoms with van der Waals surface area (Å²) in [5.74, 6) is -1.08. The predicted octanol–water partition coefficient (Wildman–Crippen LogP) is 2.57. The molecule has 0 saturated carbocycles. The second-order valence-electron chi connectivity index (χ2n) is 4.61. The number of methoxy groups -OCH3 is 2. The maximum absolute atomic E-state index is 12.8. The van der Waals surface area contributed by atoms with Gasteiger partial charge in [-0.15, -0.1) is 0 Å². The lowest BCUT2D eigenvalue weighted by molar-refractivity contribution is 0.0846. The molecule has 8 heteroatoms. The van der Waals surface area contributed by atoms with Gasteiger partial charge in [0.05, 0.1) is 19.2 Å². The van der Waals surface area contributed by atoms with E-state index >= 15 is 0 Å². The summed E-state index contributed by atoms with van der Waals surface area (Å²) >= 11 is 6.02. The fourth-order valence-corrected chi connectivity index (χ4v) is 2.20. The number of hydrogen-bond donors (Lipinski definition) is 2. The number of carbonyl (C=O) groups excluding carboxylic acids is 2. The van der Waals surface area contributed by atoms with Gasteiger partial charge in [0.2, 0.25) is 0 Å². The van der Waals surface area contributed by atoms with Gasteiger partial charge in [0.15, 0.2) is 11.5 Å². The summed E-state index contributed by atoms with van der Waals surface area (Å²) in [7, 11) is 2.83. The Balaban J connectivity index is 2.08. The van der Waals surface area contributed by atoms with E-state index in [9.17, 15) is 14.0 Å². The molecule has 0 atom stereocenters. The van der Waals surface area contributed by atoms with Crippen molar-refractivity contribution in [3.05, 3.63) is 58.4 Å². The Hall–Kier alpha value is -2.80. The molecule has 0 aliphatic heterocycles. The van der Waals surface area contributed by atoms with Crippen molar-refractivity contribution >= 4 is 23.4 Å². The van der Waals surface area contributed by atoms with Gasteiger partial charge in [-0.2, -0.15) is 0 Å². The van der Waals surface area contributed by atoms with E-state index in [-0.39, 0.29) is 21.9 Å². The van der Waals surface area contributed by atoms with E-state index < -0.39 is 17.6 Å². The molecule has 0 heterocycles. The number of rotatable bonds is 4. The number of halogens is 2. The second kappa shape index (κ2) is 7.65. The Morgan fingerprint density at radius 3 is 2.08 bits per heavy atom.